The molecular weight excluding hydrogens is 305 g/mol. The lowest BCUT2D eigenvalue weighted by Gasteiger charge is -2.19. The van der Waals surface area contributed by atoms with Crippen LogP contribution in [0.25, 0.3) is 0 Å². The van der Waals surface area contributed by atoms with Crippen molar-refractivity contribution >= 4 is 11.9 Å². The van der Waals surface area contributed by atoms with E-state index in [-0.39, 0.29) is 18.0 Å². The topological polar surface area (TPSA) is 79.7 Å². The molecule has 122 valence electrons. The summed E-state index contributed by atoms with van der Waals surface area (Å²) in [7, 11) is 1.40. The number of carbonyl (C=O) groups excluding carboxylic acids is 1. The number of hydrogen-bond acceptors (Lipinski definition) is 4. The number of nitrogens with zero attached hydrogens (tertiary/aromatic N) is 2. The molecule has 6 nitrogen and oxygen atoms in total. The van der Waals surface area contributed by atoms with Crippen LogP contribution in [-0.2, 0) is 4.79 Å². The zero-order valence-electron chi connectivity index (χ0n) is 11.9. The average molecular weight is 320 g/mol. The van der Waals surface area contributed by atoms with Crippen molar-refractivity contribution in [1.29, 1.82) is 0 Å². The van der Waals surface area contributed by atoms with Crippen LogP contribution in [0, 0.1) is 5.92 Å². The first-order valence-electron chi connectivity index (χ1n) is 6.24. The fraction of sp³-hybridized carbons (Fsp3) is 0.462. The second-order valence-electron chi connectivity index (χ2n) is 4.71. The molecule has 0 aliphatic carbocycles. The highest BCUT2D eigenvalue weighted by Gasteiger charge is 2.29. The number of hydrogen-bond donors (Lipinski definition) is 1. The van der Waals surface area contributed by atoms with Crippen LogP contribution in [-0.4, -0.2) is 53.2 Å². The standard InChI is InChI=1S/C13H15F3N2O4/c1-8(12(20)21)6-18(2)11(19)9-3-4-17-10(5-9)22-7-13(14,15)16/h3-5,8H,6-7H2,1-2H3,(H,20,21). The summed E-state index contributed by atoms with van der Waals surface area (Å²) in [5.74, 6) is -2.68. The predicted molar refractivity (Wildman–Crippen MR) is 69.5 cm³/mol. The number of rotatable bonds is 6. The maximum absolute atomic E-state index is 12.1. The van der Waals surface area contributed by atoms with Gasteiger partial charge in [-0.3, -0.25) is 9.59 Å². The van der Waals surface area contributed by atoms with Crippen LogP contribution >= 0.6 is 0 Å². The molecule has 0 saturated carbocycles. The number of amides is 1. The third kappa shape index (κ3) is 5.58. The number of aromatic nitrogens is 1. The molecule has 1 amide bonds. The van der Waals surface area contributed by atoms with Crippen LogP contribution in [0.15, 0.2) is 18.3 Å². The normalized spacial score (nSPS) is 12.6. The highest BCUT2D eigenvalue weighted by Crippen LogP contribution is 2.18. The van der Waals surface area contributed by atoms with Crippen LogP contribution < -0.4 is 4.74 Å². The molecule has 0 radical (unpaired) electrons. The predicted octanol–water partition coefficient (Wildman–Crippen LogP) is 1.82. The maximum Gasteiger partial charge on any atom is 0.422 e. The smallest absolute Gasteiger partial charge is 0.422 e. The molecule has 1 rings (SSSR count). The van der Waals surface area contributed by atoms with E-state index in [9.17, 15) is 22.8 Å². The zero-order valence-corrected chi connectivity index (χ0v) is 11.9. The Morgan fingerprint density at radius 2 is 2.09 bits per heavy atom. The molecule has 1 aromatic heterocycles. The molecule has 1 aromatic rings. The Hall–Kier alpha value is -2.32. The molecule has 0 spiro atoms. The van der Waals surface area contributed by atoms with Crippen molar-refractivity contribution in [3.8, 4) is 5.88 Å². The van der Waals surface area contributed by atoms with E-state index in [1.807, 2.05) is 0 Å². The monoisotopic (exact) mass is 320 g/mol. The van der Waals surface area contributed by atoms with E-state index in [1.54, 1.807) is 0 Å². The summed E-state index contributed by atoms with van der Waals surface area (Å²) < 4.78 is 40.7. The minimum atomic E-state index is -4.50. The van der Waals surface area contributed by atoms with E-state index >= 15 is 0 Å². The van der Waals surface area contributed by atoms with Crippen LogP contribution in [0.4, 0.5) is 13.2 Å². The van der Waals surface area contributed by atoms with Crippen molar-refractivity contribution in [2.24, 2.45) is 5.92 Å². The van der Waals surface area contributed by atoms with Crippen LogP contribution in [0.2, 0.25) is 0 Å². The lowest BCUT2D eigenvalue weighted by molar-refractivity contribution is -0.154. The fourth-order valence-electron chi connectivity index (χ4n) is 1.57. The number of ether oxygens (including phenoxy) is 1. The molecule has 0 aliphatic heterocycles. The van der Waals surface area contributed by atoms with Crippen LogP contribution in [0.5, 0.6) is 5.88 Å². The Labute approximate surface area is 124 Å². The van der Waals surface area contributed by atoms with E-state index in [2.05, 4.69) is 9.72 Å². The molecular formula is C13H15F3N2O4. The molecule has 0 saturated heterocycles. The molecule has 22 heavy (non-hydrogen) atoms. The number of aliphatic carboxylic acids is 1. The van der Waals surface area contributed by atoms with Gasteiger partial charge >= 0.3 is 12.1 Å². The van der Waals surface area contributed by atoms with Gasteiger partial charge in [-0.15, -0.1) is 0 Å². The first-order chi connectivity index (χ1) is 10.1. The zero-order chi connectivity index (χ0) is 16.9. The Morgan fingerprint density at radius 1 is 1.45 bits per heavy atom. The number of carboxylic acid groups (broad SMARTS) is 1. The Kier molecular flexibility index (Phi) is 5.72. The van der Waals surface area contributed by atoms with Gasteiger partial charge in [0.15, 0.2) is 6.61 Å². The second-order valence-corrected chi connectivity index (χ2v) is 4.71. The minimum Gasteiger partial charge on any atom is -0.481 e. The summed E-state index contributed by atoms with van der Waals surface area (Å²) in [6.45, 7) is -0.102. The maximum atomic E-state index is 12.1. The highest BCUT2D eigenvalue weighted by atomic mass is 19.4. The van der Waals surface area contributed by atoms with Gasteiger partial charge < -0.3 is 14.7 Å². The molecule has 1 N–H and O–H groups in total. The Bertz CT molecular complexity index is 548. The van der Waals surface area contributed by atoms with Gasteiger partial charge in [0.1, 0.15) is 0 Å². The summed E-state index contributed by atoms with van der Waals surface area (Å²) in [5, 5.41) is 8.80. The summed E-state index contributed by atoms with van der Waals surface area (Å²) >= 11 is 0. The fourth-order valence-corrected chi connectivity index (χ4v) is 1.57. The molecule has 1 atom stereocenters. The molecule has 0 fully saturated rings. The average Bonchev–Trinajstić information content (AvgIpc) is 2.43. The van der Waals surface area contributed by atoms with Gasteiger partial charge in [0.05, 0.1) is 5.92 Å². The number of halogens is 3. The van der Waals surface area contributed by atoms with E-state index in [0.717, 1.165) is 12.3 Å². The van der Waals surface area contributed by atoms with Gasteiger partial charge in [-0.05, 0) is 6.07 Å². The Balaban J connectivity index is 2.75. The van der Waals surface area contributed by atoms with E-state index in [0.29, 0.717) is 0 Å². The molecule has 0 aliphatic rings. The molecule has 1 heterocycles. The third-order valence-corrected chi connectivity index (χ3v) is 2.68. The number of pyridine rings is 1. The van der Waals surface area contributed by atoms with Gasteiger partial charge in [0.2, 0.25) is 5.88 Å². The lowest BCUT2D eigenvalue weighted by atomic mass is 10.1. The summed E-state index contributed by atoms with van der Waals surface area (Å²) in [6, 6.07) is 2.39. The minimum absolute atomic E-state index is 0.0325. The van der Waals surface area contributed by atoms with Crippen molar-refractivity contribution in [2.45, 2.75) is 13.1 Å². The van der Waals surface area contributed by atoms with Gasteiger partial charge in [-0.2, -0.15) is 13.2 Å². The molecule has 1 unspecified atom stereocenters. The first kappa shape index (κ1) is 17.7. The van der Waals surface area contributed by atoms with Crippen LogP contribution in [0.1, 0.15) is 17.3 Å². The van der Waals surface area contributed by atoms with Crippen molar-refractivity contribution in [3.05, 3.63) is 23.9 Å². The largest absolute Gasteiger partial charge is 0.481 e. The quantitative estimate of drug-likeness (QED) is 0.865. The third-order valence-electron chi connectivity index (χ3n) is 2.68. The van der Waals surface area contributed by atoms with Gasteiger partial charge in [-0.25, -0.2) is 4.98 Å². The van der Waals surface area contributed by atoms with Crippen molar-refractivity contribution in [3.63, 3.8) is 0 Å². The number of alkyl halides is 3. The van der Waals surface area contributed by atoms with E-state index in [1.165, 1.54) is 24.9 Å². The van der Waals surface area contributed by atoms with E-state index < -0.39 is 30.6 Å². The number of carboxylic acids is 1. The molecule has 9 heteroatoms. The van der Waals surface area contributed by atoms with Crippen molar-refractivity contribution in [2.75, 3.05) is 20.2 Å². The summed E-state index contributed by atoms with van der Waals surface area (Å²) in [4.78, 5) is 27.6. The van der Waals surface area contributed by atoms with Crippen molar-refractivity contribution < 1.29 is 32.6 Å². The van der Waals surface area contributed by atoms with Gasteiger partial charge in [0, 0.05) is 31.4 Å². The summed E-state index contributed by atoms with van der Waals surface area (Å²) in [5.41, 5.74) is 0.0623. The van der Waals surface area contributed by atoms with Crippen molar-refractivity contribution in [1.82, 2.24) is 9.88 Å². The van der Waals surface area contributed by atoms with E-state index in [4.69, 9.17) is 5.11 Å². The highest BCUT2D eigenvalue weighted by molar-refractivity contribution is 5.94. The van der Waals surface area contributed by atoms with Gasteiger partial charge in [-0.1, -0.05) is 6.92 Å². The SMILES string of the molecule is CC(CN(C)C(=O)c1ccnc(OCC(F)(F)F)c1)C(=O)O. The van der Waals surface area contributed by atoms with Gasteiger partial charge in [0.25, 0.3) is 5.91 Å². The second kappa shape index (κ2) is 7.10. The summed E-state index contributed by atoms with van der Waals surface area (Å²) in [6.07, 6.45) is -3.36. The molecule has 0 bridgehead atoms. The number of carbonyl (C=O) groups is 2. The molecule has 0 aromatic carbocycles. The van der Waals surface area contributed by atoms with Crippen LogP contribution in [0.3, 0.4) is 0 Å². The lowest BCUT2D eigenvalue weighted by Crippen LogP contribution is -2.33. The first-order valence-corrected chi connectivity index (χ1v) is 6.24. The Morgan fingerprint density at radius 3 is 2.64 bits per heavy atom.